The van der Waals surface area contributed by atoms with Crippen molar-refractivity contribution in [1.29, 1.82) is 0 Å². The van der Waals surface area contributed by atoms with Crippen molar-refractivity contribution in [2.45, 2.75) is 25.8 Å². The van der Waals surface area contributed by atoms with Crippen LogP contribution in [0.2, 0.25) is 0 Å². The highest BCUT2D eigenvalue weighted by Gasteiger charge is 2.31. The van der Waals surface area contributed by atoms with Gasteiger partial charge in [-0.3, -0.25) is 4.90 Å². The molecule has 0 N–H and O–H groups in total. The first kappa shape index (κ1) is 11.0. The summed E-state index contributed by atoms with van der Waals surface area (Å²) in [5.41, 5.74) is 1.87. The number of nitrogens with zero attached hydrogens (tertiary/aromatic N) is 2. The predicted molar refractivity (Wildman–Crippen MR) is 67.9 cm³/mol. The van der Waals surface area contributed by atoms with E-state index in [1.807, 2.05) is 13.0 Å². The maximum atomic E-state index is 13.9. The Labute approximate surface area is 102 Å². The topological polar surface area (TPSA) is 6.48 Å². The molecule has 0 saturated carbocycles. The van der Waals surface area contributed by atoms with Crippen LogP contribution in [-0.4, -0.2) is 37.1 Å². The fourth-order valence-corrected chi connectivity index (χ4v) is 3.22. The number of fused-ring (bicyclic) bond motifs is 1. The van der Waals surface area contributed by atoms with Gasteiger partial charge in [-0.1, -0.05) is 12.1 Å². The van der Waals surface area contributed by atoms with Crippen LogP contribution in [0.5, 0.6) is 0 Å². The van der Waals surface area contributed by atoms with Crippen LogP contribution in [0.1, 0.15) is 18.4 Å². The van der Waals surface area contributed by atoms with Gasteiger partial charge in [-0.05, 0) is 37.9 Å². The molecule has 2 heterocycles. The van der Waals surface area contributed by atoms with Gasteiger partial charge in [0.05, 0.1) is 5.69 Å². The normalized spacial score (nSPS) is 25.1. The molecule has 1 unspecified atom stereocenters. The van der Waals surface area contributed by atoms with Crippen LogP contribution in [0.15, 0.2) is 18.2 Å². The van der Waals surface area contributed by atoms with E-state index in [0.717, 1.165) is 30.9 Å². The van der Waals surface area contributed by atoms with Crippen LogP contribution in [0.4, 0.5) is 10.1 Å². The lowest BCUT2D eigenvalue weighted by molar-refractivity contribution is 0.230. The van der Waals surface area contributed by atoms with E-state index in [0.29, 0.717) is 6.04 Å². The summed E-state index contributed by atoms with van der Waals surface area (Å²) in [4.78, 5) is 4.78. The first-order valence-electron chi connectivity index (χ1n) is 6.50. The van der Waals surface area contributed by atoms with Crippen LogP contribution in [-0.2, 0) is 0 Å². The van der Waals surface area contributed by atoms with Crippen molar-refractivity contribution in [1.82, 2.24) is 4.90 Å². The molecule has 2 saturated heterocycles. The lowest BCUT2D eigenvalue weighted by atomic mass is 10.1. The zero-order chi connectivity index (χ0) is 11.8. The molecule has 3 rings (SSSR count). The molecule has 1 atom stereocenters. The van der Waals surface area contributed by atoms with E-state index in [-0.39, 0.29) is 5.82 Å². The second-order valence-corrected chi connectivity index (χ2v) is 5.18. The number of benzene rings is 1. The molecule has 0 aliphatic carbocycles. The number of aryl methyl sites for hydroxylation is 1. The maximum Gasteiger partial charge on any atom is 0.146 e. The highest BCUT2D eigenvalue weighted by molar-refractivity contribution is 5.54. The van der Waals surface area contributed by atoms with E-state index in [2.05, 4.69) is 9.80 Å². The third-order valence-corrected chi connectivity index (χ3v) is 4.09. The Morgan fingerprint density at radius 2 is 2.12 bits per heavy atom. The van der Waals surface area contributed by atoms with Crippen LogP contribution < -0.4 is 4.90 Å². The van der Waals surface area contributed by atoms with Gasteiger partial charge in [-0.2, -0.15) is 0 Å². The van der Waals surface area contributed by atoms with Crippen LogP contribution in [0.3, 0.4) is 0 Å². The van der Waals surface area contributed by atoms with E-state index in [9.17, 15) is 4.39 Å². The van der Waals surface area contributed by atoms with E-state index in [1.54, 1.807) is 12.1 Å². The second-order valence-electron chi connectivity index (χ2n) is 5.18. The molecular weight excluding hydrogens is 215 g/mol. The largest absolute Gasteiger partial charge is 0.366 e. The quantitative estimate of drug-likeness (QED) is 0.736. The van der Waals surface area contributed by atoms with Gasteiger partial charge in [-0.25, -0.2) is 4.39 Å². The SMILES string of the molecule is Cc1cccc(F)c1N1CCN2CCCC2C1. The van der Waals surface area contributed by atoms with Crippen molar-refractivity contribution < 1.29 is 4.39 Å². The third kappa shape index (κ3) is 1.93. The van der Waals surface area contributed by atoms with Crippen molar-refractivity contribution in [3.8, 4) is 0 Å². The summed E-state index contributed by atoms with van der Waals surface area (Å²) in [7, 11) is 0. The Hall–Kier alpha value is -1.09. The Balaban J connectivity index is 1.85. The number of hydrogen-bond acceptors (Lipinski definition) is 2. The number of anilines is 1. The molecule has 2 nitrogen and oxygen atoms in total. The zero-order valence-electron chi connectivity index (χ0n) is 10.3. The highest BCUT2D eigenvalue weighted by atomic mass is 19.1. The smallest absolute Gasteiger partial charge is 0.146 e. The van der Waals surface area contributed by atoms with E-state index >= 15 is 0 Å². The van der Waals surface area contributed by atoms with Gasteiger partial charge in [0.15, 0.2) is 0 Å². The van der Waals surface area contributed by atoms with Crippen molar-refractivity contribution in [3.05, 3.63) is 29.6 Å². The Bertz CT molecular complexity index is 398. The van der Waals surface area contributed by atoms with E-state index in [4.69, 9.17) is 0 Å². The monoisotopic (exact) mass is 234 g/mol. The molecule has 1 aromatic rings. The Morgan fingerprint density at radius 3 is 2.94 bits per heavy atom. The van der Waals surface area contributed by atoms with Gasteiger partial charge in [0, 0.05) is 25.7 Å². The van der Waals surface area contributed by atoms with Crippen molar-refractivity contribution >= 4 is 5.69 Å². The molecule has 3 heteroatoms. The van der Waals surface area contributed by atoms with Crippen molar-refractivity contribution in [2.24, 2.45) is 0 Å². The molecule has 17 heavy (non-hydrogen) atoms. The van der Waals surface area contributed by atoms with Gasteiger partial charge < -0.3 is 4.90 Å². The number of halogens is 1. The lowest BCUT2D eigenvalue weighted by Crippen LogP contribution is -2.50. The minimum Gasteiger partial charge on any atom is -0.366 e. The van der Waals surface area contributed by atoms with E-state index < -0.39 is 0 Å². The standard InChI is InChI=1S/C14H19FN2/c1-11-4-2-6-13(15)14(11)17-9-8-16-7-3-5-12(16)10-17/h2,4,6,12H,3,5,7-10H2,1H3. The molecule has 0 amide bonds. The number of para-hydroxylation sites is 1. The molecule has 1 aromatic carbocycles. The first-order valence-corrected chi connectivity index (χ1v) is 6.50. The minimum atomic E-state index is -0.0727. The fraction of sp³-hybridized carbons (Fsp3) is 0.571. The molecule has 2 aliphatic rings. The summed E-state index contributed by atoms with van der Waals surface area (Å²) in [5, 5.41) is 0. The molecule has 92 valence electrons. The summed E-state index contributed by atoms with van der Waals surface area (Å²) in [6, 6.07) is 6.01. The fourth-order valence-electron chi connectivity index (χ4n) is 3.22. The number of hydrogen-bond donors (Lipinski definition) is 0. The van der Waals surface area contributed by atoms with Crippen molar-refractivity contribution in [2.75, 3.05) is 31.1 Å². The Morgan fingerprint density at radius 1 is 1.24 bits per heavy atom. The van der Waals surface area contributed by atoms with Gasteiger partial charge in [0.1, 0.15) is 5.82 Å². The summed E-state index contributed by atoms with van der Waals surface area (Å²) in [6.45, 7) is 6.26. The van der Waals surface area contributed by atoms with Gasteiger partial charge in [0.25, 0.3) is 0 Å². The molecule has 0 radical (unpaired) electrons. The molecule has 0 aromatic heterocycles. The average Bonchev–Trinajstić information content (AvgIpc) is 2.76. The third-order valence-electron chi connectivity index (χ3n) is 4.09. The molecule has 0 spiro atoms. The zero-order valence-corrected chi connectivity index (χ0v) is 10.3. The van der Waals surface area contributed by atoms with Gasteiger partial charge in [0.2, 0.25) is 0 Å². The molecular formula is C14H19FN2. The van der Waals surface area contributed by atoms with Crippen molar-refractivity contribution in [3.63, 3.8) is 0 Å². The average molecular weight is 234 g/mol. The molecule has 0 bridgehead atoms. The Kier molecular flexibility index (Phi) is 2.79. The highest BCUT2D eigenvalue weighted by Crippen LogP contribution is 2.29. The minimum absolute atomic E-state index is 0.0727. The van der Waals surface area contributed by atoms with E-state index in [1.165, 1.54) is 19.4 Å². The summed E-state index contributed by atoms with van der Waals surface area (Å²) in [5.74, 6) is -0.0727. The van der Waals surface area contributed by atoms with Crippen LogP contribution in [0.25, 0.3) is 0 Å². The molecule has 2 aliphatic heterocycles. The summed E-state index contributed by atoms with van der Waals surface area (Å²) >= 11 is 0. The first-order chi connectivity index (χ1) is 8.25. The predicted octanol–water partition coefficient (Wildman–Crippen LogP) is 2.42. The summed E-state index contributed by atoms with van der Waals surface area (Å²) in [6.07, 6.45) is 2.57. The summed E-state index contributed by atoms with van der Waals surface area (Å²) < 4.78 is 13.9. The maximum absolute atomic E-state index is 13.9. The van der Waals surface area contributed by atoms with Crippen LogP contribution in [0, 0.1) is 12.7 Å². The number of piperazine rings is 1. The van der Waals surface area contributed by atoms with Gasteiger partial charge in [-0.15, -0.1) is 0 Å². The lowest BCUT2D eigenvalue weighted by Gasteiger charge is -2.39. The molecule has 2 fully saturated rings. The number of rotatable bonds is 1. The second kappa shape index (κ2) is 4.30. The van der Waals surface area contributed by atoms with Gasteiger partial charge >= 0.3 is 0 Å². The van der Waals surface area contributed by atoms with Crippen LogP contribution >= 0.6 is 0 Å².